The molecule has 4 nitrogen and oxygen atoms in total. The van der Waals surface area contributed by atoms with Crippen LogP contribution < -0.4 is 5.32 Å². The van der Waals surface area contributed by atoms with E-state index in [1.54, 1.807) is 4.80 Å². The van der Waals surface area contributed by atoms with Gasteiger partial charge >= 0.3 is 0 Å². The predicted molar refractivity (Wildman–Crippen MR) is 72.3 cm³/mol. The zero-order valence-corrected chi connectivity index (χ0v) is 11.2. The van der Waals surface area contributed by atoms with Gasteiger partial charge in [0.25, 0.3) is 0 Å². The lowest BCUT2D eigenvalue weighted by molar-refractivity contribution is 0.568. The molecule has 0 aliphatic carbocycles. The van der Waals surface area contributed by atoms with Crippen LogP contribution in [0.15, 0.2) is 30.5 Å². The zero-order valence-electron chi connectivity index (χ0n) is 11.2. The minimum Gasteiger partial charge on any atom is -0.305 e. The van der Waals surface area contributed by atoms with Gasteiger partial charge in [0.05, 0.1) is 12.2 Å². The molecular weight excluding hydrogens is 224 g/mol. The van der Waals surface area contributed by atoms with Crippen molar-refractivity contribution in [1.82, 2.24) is 20.3 Å². The first-order valence-electron chi connectivity index (χ1n) is 6.37. The fourth-order valence-corrected chi connectivity index (χ4v) is 1.93. The zero-order chi connectivity index (χ0) is 13.0. The summed E-state index contributed by atoms with van der Waals surface area (Å²) in [5.41, 5.74) is 3.47. The maximum Gasteiger partial charge on any atom is 0.104 e. The number of nitrogens with one attached hydrogen (secondary N) is 1. The lowest BCUT2D eigenvalue weighted by Gasteiger charge is -2.16. The lowest BCUT2D eigenvalue weighted by Crippen LogP contribution is -2.23. The first kappa shape index (κ1) is 12.8. The van der Waals surface area contributed by atoms with Crippen LogP contribution >= 0.6 is 0 Å². The molecule has 2 aromatic rings. The quantitative estimate of drug-likeness (QED) is 0.877. The minimum absolute atomic E-state index is 0.124. The number of hydrogen-bond acceptors (Lipinski definition) is 3. The van der Waals surface area contributed by atoms with Crippen LogP contribution in [0.25, 0.3) is 0 Å². The van der Waals surface area contributed by atoms with Crippen LogP contribution in [0, 0.1) is 6.92 Å². The summed E-state index contributed by atoms with van der Waals surface area (Å²) in [7, 11) is 1.84. The molecule has 0 saturated heterocycles. The van der Waals surface area contributed by atoms with Crippen molar-refractivity contribution < 1.29 is 0 Å². The van der Waals surface area contributed by atoms with Crippen LogP contribution in [-0.4, -0.2) is 21.5 Å². The van der Waals surface area contributed by atoms with E-state index >= 15 is 0 Å². The molecule has 96 valence electrons. The first-order chi connectivity index (χ1) is 8.70. The molecule has 1 heterocycles. The molecular formula is C14H20N4. The van der Waals surface area contributed by atoms with Gasteiger partial charge in [0, 0.05) is 7.05 Å². The molecule has 0 radical (unpaired) electrons. The van der Waals surface area contributed by atoms with Crippen molar-refractivity contribution in [3.8, 4) is 0 Å². The van der Waals surface area contributed by atoms with Crippen LogP contribution in [-0.2, 0) is 7.05 Å². The molecule has 1 atom stereocenters. The highest BCUT2D eigenvalue weighted by Gasteiger charge is 2.16. The predicted octanol–water partition coefficient (Wildman–Crippen LogP) is 2.21. The Morgan fingerprint density at radius 3 is 2.56 bits per heavy atom. The summed E-state index contributed by atoms with van der Waals surface area (Å²) >= 11 is 0. The van der Waals surface area contributed by atoms with Gasteiger partial charge in [-0.3, -0.25) is 0 Å². The number of aryl methyl sites for hydroxylation is 2. The van der Waals surface area contributed by atoms with Crippen molar-refractivity contribution in [2.45, 2.75) is 26.3 Å². The maximum absolute atomic E-state index is 4.41. The summed E-state index contributed by atoms with van der Waals surface area (Å²) in [6.07, 6.45) is 2.93. The number of aromatic nitrogens is 3. The SMILES string of the molecule is CCCNC(c1ccc(C)cc1)c1cnn(C)n1. The van der Waals surface area contributed by atoms with Crippen molar-refractivity contribution in [3.63, 3.8) is 0 Å². The summed E-state index contributed by atoms with van der Waals surface area (Å²) in [6, 6.07) is 8.69. The molecule has 0 spiro atoms. The Hall–Kier alpha value is -1.68. The molecule has 0 fully saturated rings. The van der Waals surface area contributed by atoms with E-state index in [0.717, 1.165) is 18.7 Å². The van der Waals surface area contributed by atoms with Gasteiger partial charge < -0.3 is 5.32 Å². The summed E-state index contributed by atoms with van der Waals surface area (Å²) < 4.78 is 0. The second kappa shape index (κ2) is 5.78. The molecule has 0 aliphatic rings. The highest BCUT2D eigenvalue weighted by Crippen LogP contribution is 2.20. The molecule has 1 N–H and O–H groups in total. The molecule has 0 aliphatic heterocycles. The smallest absolute Gasteiger partial charge is 0.104 e. The van der Waals surface area contributed by atoms with Gasteiger partial charge in [-0.2, -0.15) is 15.0 Å². The molecule has 2 rings (SSSR count). The average molecular weight is 244 g/mol. The van der Waals surface area contributed by atoms with Crippen LogP contribution in [0.2, 0.25) is 0 Å². The standard InChI is InChI=1S/C14H20N4/c1-4-9-15-14(13-10-16-18(3)17-13)12-7-5-11(2)6-8-12/h5-8,10,14-15H,4,9H2,1-3H3. The lowest BCUT2D eigenvalue weighted by atomic mass is 10.0. The maximum atomic E-state index is 4.41. The van der Waals surface area contributed by atoms with Crippen LogP contribution in [0.1, 0.15) is 36.2 Å². The summed E-state index contributed by atoms with van der Waals surface area (Å²) in [5, 5.41) is 12.1. The molecule has 0 bridgehead atoms. The fraction of sp³-hybridized carbons (Fsp3) is 0.429. The van der Waals surface area contributed by atoms with Crippen molar-refractivity contribution in [3.05, 3.63) is 47.3 Å². The molecule has 1 aromatic carbocycles. The Labute approximate surface area is 108 Å². The van der Waals surface area contributed by atoms with Crippen LogP contribution in [0.4, 0.5) is 0 Å². The molecule has 18 heavy (non-hydrogen) atoms. The molecule has 0 amide bonds. The fourth-order valence-electron chi connectivity index (χ4n) is 1.93. The Kier molecular flexibility index (Phi) is 4.10. The highest BCUT2D eigenvalue weighted by atomic mass is 15.4. The Bertz CT molecular complexity index is 487. The highest BCUT2D eigenvalue weighted by molar-refractivity contribution is 5.29. The van der Waals surface area contributed by atoms with Crippen molar-refractivity contribution >= 4 is 0 Å². The van der Waals surface area contributed by atoms with E-state index in [-0.39, 0.29) is 6.04 Å². The van der Waals surface area contributed by atoms with E-state index in [4.69, 9.17) is 0 Å². The monoisotopic (exact) mass is 244 g/mol. The van der Waals surface area contributed by atoms with Gasteiger partial charge in [-0.05, 0) is 25.5 Å². The van der Waals surface area contributed by atoms with Crippen molar-refractivity contribution in [2.75, 3.05) is 6.54 Å². The summed E-state index contributed by atoms with van der Waals surface area (Å²) in [5.74, 6) is 0. The topological polar surface area (TPSA) is 42.7 Å². The second-order valence-electron chi connectivity index (χ2n) is 4.56. The van der Waals surface area contributed by atoms with Gasteiger partial charge in [-0.1, -0.05) is 36.8 Å². The van der Waals surface area contributed by atoms with Gasteiger partial charge in [0.15, 0.2) is 0 Å². The third-order valence-corrected chi connectivity index (χ3v) is 2.92. The normalized spacial score (nSPS) is 12.6. The second-order valence-corrected chi connectivity index (χ2v) is 4.56. The average Bonchev–Trinajstić information content (AvgIpc) is 2.78. The van der Waals surface area contributed by atoms with Crippen LogP contribution in [0.5, 0.6) is 0 Å². The molecule has 1 unspecified atom stereocenters. The van der Waals surface area contributed by atoms with Gasteiger partial charge in [0.2, 0.25) is 0 Å². The van der Waals surface area contributed by atoms with Gasteiger partial charge in [-0.15, -0.1) is 0 Å². The van der Waals surface area contributed by atoms with E-state index in [2.05, 4.69) is 53.6 Å². The summed E-state index contributed by atoms with van der Waals surface area (Å²) in [4.78, 5) is 1.60. The van der Waals surface area contributed by atoms with E-state index in [0.29, 0.717) is 0 Å². The Morgan fingerprint density at radius 1 is 1.28 bits per heavy atom. The third kappa shape index (κ3) is 2.96. The Balaban J connectivity index is 2.27. The number of nitrogens with zero attached hydrogens (tertiary/aromatic N) is 3. The molecule has 1 aromatic heterocycles. The van der Waals surface area contributed by atoms with Crippen LogP contribution in [0.3, 0.4) is 0 Å². The first-order valence-corrected chi connectivity index (χ1v) is 6.37. The van der Waals surface area contributed by atoms with E-state index in [1.807, 2.05) is 13.2 Å². The largest absolute Gasteiger partial charge is 0.305 e. The van der Waals surface area contributed by atoms with E-state index in [1.165, 1.54) is 11.1 Å². The third-order valence-electron chi connectivity index (χ3n) is 2.92. The Morgan fingerprint density at radius 2 is 2.00 bits per heavy atom. The van der Waals surface area contributed by atoms with E-state index < -0.39 is 0 Å². The number of hydrogen-bond donors (Lipinski definition) is 1. The minimum atomic E-state index is 0.124. The number of benzene rings is 1. The molecule has 4 heteroatoms. The number of rotatable bonds is 5. The molecule has 0 saturated carbocycles. The van der Waals surface area contributed by atoms with Gasteiger partial charge in [-0.25, -0.2) is 0 Å². The summed E-state index contributed by atoms with van der Waals surface area (Å²) in [6.45, 7) is 5.23. The van der Waals surface area contributed by atoms with Gasteiger partial charge in [0.1, 0.15) is 5.69 Å². The van der Waals surface area contributed by atoms with E-state index in [9.17, 15) is 0 Å². The van der Waals surface area contributed by atoms with Crippen molar-refractivity contribution in [2.24, 2.45) is 7.05 Å². The van der Waals surface area contributed by atoms with Crippen molar-refractivity contribution in [1.29, 1.82) is 0 Å².